The zero-order valence-electron chi connectivity index (χ0n) is 37.3. The molecule has 0 bridgehead atoms. The predicted octanol–water partition coefficient (Wildman–Crippen LogP) is -0.752. The van der Waals surface area contributed by atoms with Crippen LogP contribution in [-0.2, 0) is 33.2 Å². The molecule has 27 atom stereocenters. The number of rotatable bonds is 12. The third-order valence-corrected chi connectivity index (χ3v) is 17.9. The number of ether oxygens (including phenoxy) is 7. The molecule has 18 nitrogen and oxygen atoms in total. The molecule has 4 aliphatic carbocycles. The first kappa shape index (κ1) is 48.7. The smallest absolute Gasteiger partial charge is 0.187 e. The van der Waals surface area contributed by atoms with E-state index in [4.69, 9.17) is 33.2 Å². The van der Waals surface area contributed by atoms with Gasteiger partial charge in [-0.05, 0) is 111 Å². The van der Waals surface area contributed by atoms with Crippen molar-refractivity contribution in [3.63, 3.8) is 0 Å². The standard InChI is InChI=1S/C45H76O18/c1-19(18-57-40-36(53)34(51)32(49)28(16-46)60-40)8-13-45(56)20(2)30-27(63-45)15-26-24-7-6-22-14-23(9-11-43(22,4)25(24)10-12-44(26,30)5)59-42-38(55)35(52)39(29(17-47)61-42)62-41-37(54)33(50)31(48)21(3)58-41/h19-42,46-56H,6-18H2,1-5H3/t19-,20?,21-,22?,23-,24+,25-,26-,27?,28+,29+,30?,31-,32+,33+,34-,35+,36+,37+,38+,39+,40+,41-,42+,43-,44-,45+/m0/s1. The molecule has 0 amide bonds. The van der Waals surface area contributed by atoms with Crippen molar-refractivity contribution in [2.75, 3.05) is 19.8 Å². The Morgan fingerprint density at radius 3 is 2.00 bits per heavy atom. The maximum absolute atomic E-state index is 12.0. The van der Waals surface area contributed by atoms with Gasteiger partial charge in [-0.1, -0.05) is 27.7 Å². The fraction of sp³-hybridized carbons (Fsp3) is 1.00. The van der Waals surface area contributed by atoms with E-state index in [0.29, 0.717) is 36.5 Å². The SMILES string of the molecule is CC1C2C(C[C@H]3[C@@H]4CCC5C[C@@H](O[C@@H]6O[C@H](CO)[C@@H](O[C@@H]7O[C@@H](C)[C@H](O)[C@@H](O)[C@H]7O)[C@H](O)[C@H]6O)CC[C@]5(C)[C@H]4CC[C@]23C)O[C@]1(O)CC[C@H](C)CO[C@@H]1O[C@H](CO)[C@@H](O)[C@H](O)[C@H]1O. The summed E-state index contributed by atoms with van der Waals surface area (Å²) in [5, 5.41) is 116. The van der Waals surface area contributed by atoms with E-state index in [1.54, 1.807) is 0 Å². The summed E-state index contributed by atoms with van der Waals surface area (Å²) in [6.07, 6.45) is -11.9. The second kappa shape index (κ2) is 18.6. The van der Waals surface area contributed by atoms with Crippen LogP contribution in [0.15, 0.2) is 0 Å². The highest BCUT2D eigenvalue weighted by Gasteiger charge is 2.68. The van der Waals surface area contributed by atoms with Crippen molar-refractivity contribution in [3.05, 3.63) is 0 Å². The molecule has 18 heteroatoms. The van der Waals surface area contributed by atoms with Crippen molar-refractivity contribution in [1.29, 1.82) is 0 Å². The van der Waals surface area contributed by atoms with E-state index >= 15 is 0 Å². The topological polar surface area (TPSA) is 287 Å². The first-order valence-corrected chi connectivity index (χ1v) is 23.7. The molecule has 11 N–H and O–H groups in total. The summed E-state index contributed by atoms with van der Waals surface area (Å²) < 4.78 is 41.7. The third kappa shape index (κ3) is 8.60. The van der Waals surface area contributed by atoms with Gasteiger partial charge in [0.1, 0.15) is 67.1 Å². The Hall–Kier alpha value is -0.720. The molecule has 8 fully saturated rings. The molecule has 0 aromatic carbocycles. The second-order valence-corrected chi connectivity index (χ2v) is 21.4. The lowest BCUT2D eigenvalue weighted by molar-refractivity contribution is -0.361. The molecule has 4 aliphatic heterocycles. The molecule has 63 heavy (non-hydrogen) atoms. The van der Waals surface area contributed by atoms with Crippen molar-refractivity contribution in [3.8, 4) is 0 Å². The number of fused-ring (bicyclic) bond motifs is 7. The van der Waals surface area contributed by atoms with Crippen LogP contribution in [0.1, 0.15) is 98.8 Å². The first-order chi connectivity index (χ1) is 29.8. The van der Waals surface area contributed by atoms with Crippen LogP contribution in [0.2, 0.25) is 0 Å². The Morgan fingerprint density at radius 1 is 0.651 bits per heavy atom. The monoisotopic (exact) mass is 905 g/mol. The molecular formula is C45H76O18. The van der Waals surface area contributed by atoms with Gasteiger partial charge in [-0.25, -0.2) is 0 Å². The highest BCUT2D eigenvalue weighted by molar-refractivity contribution is 5.15. The minimum absolute atomic E-state index is 0.0255. The van der Waals surface area contributed by atoms with Crippen LogP contribution in [0, 0.1) is 52.3 Å². The van der Waals surface area contributed by atoms with E-state index in [-0.39, 0.29) is 47.4 Å². The van der Waals surface area contributed by atoms with Gasteiger partial charge in [0.15, 0.2) is 24.7 Å². The lowest BCUT2D eigenvalue weighted by Crippen LogP contribution is -2.64. The highest BCUT2D eigenvalue weighted by Crippen LogP contribution is 2.71. The molecule has 4 heterocycles. The Kier molecular flexibility index (Phi) is 14.4. The average Bonchev–Trinajstić information content (AvgIpc) is 3.70. The molecule has 364 valence electrons. The van der Waals surface area contributed by atoms with Crippen LogP contribution in [0.3, 0.4) is 0 Å². The van der Waals surface area contributed by atoms with Gasteiger partial charge in [0.05, 0.1) is 38.1 Å². The van der Waals surface area contributed by atoms with Gasteiger partial charge in [0, 0.05) is 12.3 Å². The molecular weight excluding hydrogens is 828 g/mol. The Labute approximate surface area is 369 Å². The zero-order valence-corrected chi connectivity index (χ0v) is 37.3. The van der Waals surface area contributed by atoms with Crippen molar-refractivity contribution < 1.29 is 89.3 Å². The fourth-order valence-electron chi connectivity index (χ4n) is 14.1. The van der Waals surface area contributed by atoms with E-state index in [1.807, 2.05) is 6.92 Å². The summed E-state index contributed by atoms with van der Waals surface area (Å²) >= 11 is 0. The van der Waals surface area contributed by atoms with Crippen LogP contribution in [0.5, 0.6) is 0 Å². The first-order valence-electron chi connectivity index (χ1n) is 23.7. The predicted molar refractivity (Wildman–Crippen MR) is 218 cm³/mol. The van der Waals surface area contributed by atoms with Crippen molar-refractivity contribution in [2.24, 2.45) is 52.3 Å². The van der Waals surface area contributed by atoms with Crippen molar-refractivity contribution in [1.82, 2.24) is 0 Å². The Bertz CT molecular complexity index is 1540. The fourth-order valence-corrected chi connectivity index (χ4v) is 14.1. The summed E-state index contributed by atoms with van der Waals surface area (Å²) in [4.78, 5) is 0. The lowest BCUT2D eigenvalue weighted by atomic mass is 9.44. The van der Waals surface area contributed by atoms with Crippen LogP contribution in [0.4, 0.5) is 0 Å². The number of hydrogen-bond donors (Lipinski definition) is 11. The van der Waals surface area contributed by atoms with Crippen LogP contribution < -0.4 is 0 Å². The molecule has 0 aromatic rings. The minimum Gasteiger partial charge on any atom is -0.394 e. The van der Waals surface area contributed by atoms with Gasteiger partial charge in [0.25, 0.3) is 0 Å². The van der Waals surface area contributed by atoms with Gasteiger partial charge in [-0.15, -0.1) is 0 Å². The van der Waals surface area contributed by atoms with Crippen LogP contribution in [-0.4, -0.2) is 186 Å². The van der Waals surface area contributed by atoms with Crippen LogP contribution >= 0.6 is 0 Å². The Morgan fingerprint density at radius 2 is 1.29 bits per heavy atom. The van der Waals surface area contributed by atoms with E-state index in [2.05, 4.69) is 20.8 Å². The summed E-state index contributed by atoms with van der Waals surface area (Å²) in [6.45, 7) is 9.55. The minimum atomic E-state index is -1.64. The van der Waals surface area contributed by atoms with Gasteiger partial charge >= 0.3 is 0 Å². The molecule has 4 saturated carbocycles. The van der Waals surface area contributed by atoms with E-state index in [1.165, 1.54) is 6.92 Å². The van der Waals surface area contributed by atoms with E-state index in [9.17, 15) is 56.2 Å². The summed E-state index contributed by atoms with van der Waals surface area (Å²) in [5.41, 5.74) is 0.120. The highest BCUT2D eigenvalue weighted by atomic mass is 16.7. The largest absolute Gasteiger partial charge is 0.394 e. The number of hydrogen-bond acceptors (Lipinski definition) is 18. The summed E-state index contributed by atoms with van der Waals surface area (Å²) in [5.74, 6) is 0.753. The van der Waals surface area contributed by atoms with E-state index in [0.717, 1.165) is 51.4 Å². The number of aliphatic hydroxyl groups excluding tert-OH is 10. The molecule has 0 radical (unpaired) electrons. The summed E-state index contributed by atoms with van der Waals surface area (Å²) in [7, 11) is 0. The quantitative estimate of drug-likeness (QED) is 0.107. The third-order valence-electron chi connectivity index (χ3n) is 17.9. The Balaban J connectivity index is 0.836. The molecule has 0 aromatic heterocycles. The summed E-state index contributed by atoms with van der Waals surface area (Å²) in [6, 6.07) is 0. The molecule has 8 rings (SSSR count). The molecule has 4 unspecified atom stereocenters. The molecule has 4 saturated heterocycles. The van der Waals surface area contributed by atoms with Gasteiger partial charge in [0.2, 0.25) is 0 Å². The van der Waals surface area contributed by atoms with Crippen LogP contribution in [0.25, 0.3) is 0 Å². The van der Waals surface area contributed by atoms with E-state index < -0.39 is 111 Å². The second-order valence-electron chi connectivity index (χ2n) is 21.4. The maximum atomic E-state index is 12.0. The lowest BCUT2D eigenvalue weighted by Gasteiger charge is -2.61. The maximum Gasteiger partial charge on any atom is 0.187 e. The van der Waals surface area contributed by atoms with Gasteiger partial charge in [-0.3, -0.25) is 0 Å². The zero-order chi connectivity index (χ0) is 45.5. The van der Waals surface area contributed by atoms with Crippen molar-refractivity contribution in [2.45, 2.75) is 209 Å². The normalized spacial score (nSPS) is 56.3. The molecule has 8 aliphatic rings. The van der Waals surface area contributed by atoms with Gasteiger partial charge < -0.3 is 89.3 Å². The van der Waals surface area contributed by atoms with Crippen molar-refractivity contribution >= 4 is 0 Å². The van der Waals surface area contributed by atoms with Gasteiger partial charge in [-0.2, -0.15) is 0 Å². The molecule has 0 spiro atoms. The average molecular weight is 905 g/mol. The number of aliphatic hydroxyl groups is 11.